The smallest absolute Gasteiger partial charge is 0.0819 e. The van der Waals surface area contributed by atoms with E-state index in [0.29, 0.717) is 13.4 Å². The molecule has 24 heavy (non-hydrogen) atoms. The lowest BCUT2D eigenvalue weighted by molar-refractivity contribution is 1.60. The predicted octanol–water partition coefficient (Wildman–Crippen LogP) is 4.94. The maximum atomic E-state index is 2.23. The first-order chi connectivity index (χ1) is 11.5. The van der Waals surface area contributed by atoms with E-state index in [9.17, 15) is 0 Å². The Balaban J connectivity index is 1.82. The van der Waals surface area contributed by atoms with Gasteiger partial charge in [0.15, 0.2) is 13.4 Å². The van der Waals surface area contributed by atoms with Gasteiger partial charge in [-0.3, -0.25) is 0 Å². The molecule has 0 aliphatic heterocycles. The van der Waals surface area contributed by atoms with E-state index in [1.807, 2.05) is 0 Å². The lowest BCUT2D eigenvalue weighted by atomic mass is 9.49. The number of benzene rings is 3. The first-order valence-electron chi connectivity index (χ1n) is 8.85. The van der Waals surface area contributed by atoms with E-state index in [4.69, 9.17) is 0 Å². The summed E-state index contributed by atoms with van der Waals surface area (Å²) in [6.07, 6.45) is 0. The van der Waals surface area contributed by atoms with Gasteiger partial charge in [-0.25, -0.2) is 0 Å². The summed E-state index contributed by atoms with van der Waals surface area (Å²) < 4.78 is 0. The van der Waals surface area contributed by atoms with Crippen LogP contribution in [-0.2, 0) is 0 Å². The molecular formula is C22H24B2. The predicted molar refractivity (Wildman–Crippen MR) is 112 cm³/mol. The third-order valence-electron chi connectivity index (χ3n) is 4.71. The lowest BCUT2D eigenvalue weighted by Gasteiger charge is -2.08. The topological polar surface area (TPSA) is 0 Å². The van der Waals surface area contributed by atoms with Crippen LogP contribution in [-0.4, -0.2) is 13.4 Å². The molecule has 0 bridgehead atoms. The van der Waals surface area contributed by atoms with Crippen LogP contribution >= 0.6 is 0 Å². The average Bonchev–Trinajstić information content (AvgIpc) is 2.62. The molecule has 0 aliphatic carbocycles. The summed E-state index contributed by atoms with van der Waals surface area (Å²) in [5.74, 6) is 0. The van der Waals surface area contributed by atoms with Crippen molar-refractivity contribution in [3.63, 3.8) is 0 Å². The minimum Gasteiger partial charge on any atom is -0.0819 e. The minimum absolute atomic E-state index is 0.579. The largest absolute Gasteiger partial charge is 0.169 e. The SMILES string of the molecule is CB(C)c1ccc(-c2ccc(-c3ccc(B(C)C)cc3)cc2)cc1. The molecule has 0 N–H and O–H groups in total. The first kappa shape index (κ1) is 16.6. The van der Waals surface area contributed by atoms with Gasteiger partial charge in [-0.2, -0.15) is 0 Å². The van der Waals surface area contributed by atoms with Crippen molar-refractivity contribution in [2.45, 2.75) is 27.3 Å². The van der Waals surface area contributed by atoms with E-state index in [1.54, 1.807) is 0 Å². The molecule has 3 aromatic carbocycles. The van der Waals surface area contributed by atoms with E-state index < -0.39 is 0 Å². The van der Waals surface area contributed by atoms with Crippen molar-refractivity contribution in [3.05, 3.63) is 72.8 Å². The molecular weight excluding hydrogens is 286 g/mol. The van der Waals surface area contributed by atoms with Crippen LogP contribution < -0.4 is 10.9 Å². The Morgan fingerprint density at radius 3 is 0.792 bits per heavy atom. The molecule has 0 saturated heterocycles. The molecule has 0 heterocycles. The number of hydrogen-bond acceptors (Lipinski definition) is 0. The van der Waals surface area contributed by atoms with Crippen LogP contribution in [0, 0.1) is 0 Å². The lowest BCUT2D eigenvalue weighted by Crippen LogP contribution is -2.21. The second-order valence-electron chi connectivity index (χ2n) is 7.13. The number of hydrogen-bond donors (Lipinski definition) is 0. The van der Waals surface area contributed by atoms with Gasteiger partial charge in [0.2, 0.25) is 0 Å². The van der Waals surface area contributed by atoms with Crippen molar-refractivity contribution in [1.29, 1.82) is 0 Å². The highest BCUT2D eigenvalue weighted by atomic mass is 14.0. The monoisotopic (exact) mass is 310 g/mol. The van der Waals surface area contributed by atoms with Crippen molar-refractivity contribution in [3.8, 4) is 22.3 Å². The van der Waals surface area contributed by atoms with E-state index >= 15 is 0 Å². The fourth-order valence-electron chi connectivity index (χ4n) is 2.98. The molecule has 118 valence electrons. The van der Waals surface area contributed by atoms with Gasteiger partial charge in [0.1, 0.15) is 0 Å². The van der Waals surface area contributed by atoms with Crippen LogP contribution in [0.1, 0.15) is 0 Å². The van der Waals surface area contributed by atoms with Gasteiger partial charge in [-0.15, -0.1) is 0 Å². The van der Waals surface area contributed by atoms with Gasteiger partial charge in [-0.1, -0.05) is 111 Å². The fourth-order valence-corrected chi connectivity index (χ4v) is 2.98. The van der Waals surface area contributed by atoms with Crippen molar-refractivity contribution < 1.29 is 0 Å². The zero-order chi connectivity index (χ0) is 17.1. The van der Waals surface area contributed by atoms with Crippen LogP contribution in [0.15, 0.2) is 72.8 Å². The Hall–Kier alpha value is -2.21. The quantitative estimate of drug-likeness (QED) is 0.599. The molecule has 0 spiro atoms. The highest BCUT2D eigenvalue weighted by Gasteiger charge is 2.05. The Kier molecular flexibility index (Phi) is 4.94. The molecule has 0 fully saturated rings. The normalized spacial score (nSPS) is 10.5. The molecule has 0 nitrogen and oxygen atoms in total. The zero-order valence-electron chi connectivity index (χ0n) is 15.1. The second kappa shape index (κ2) is 7.13. The van der Waals surface area contributed by atoms with Crippen LogP contribution in [0.3, 0.4) is 0 Å². The highest BCUT2D eigenvalue weighted by Crippen LogP contribution is 2.24. The van der Waals surface area contributed by atoms with Gasteiger partial charge >= 0.3 is 0 Å². The van der Waals surface area contributed by atoms with Crippen LogP contribution in [0.2, 0.25) is 27.3 Å². The summed E-state index contributed by atoms with van der Waals surface area (Å²) in [4.78, 5) is 0. The van der Waals surface area contributed by atoms with E-state index in [2.05, 4.69) is 100 Å². The fraction of sp³-hybridized carbons (Fsp3) is 0.182. The van der Waals surface area contributed by atoms with Crippen molar-refractivity contribution >= 4 is 24.4 Å². The summed E-state index contributed by atoms with van der Waals surface area (Å²) in [6, 6.07) is 26.7. The summed E-state index contributed by atoms with van der Waals surface area (Å²) in [7, 11) is 0. The maximum Gasteiger partial charge on any atom is 0.169 e. The standard InChI is InChI=1S/C22H24B2/c1-23(2)21-13-9-19(10-14-21)17-5-7-18(8-6-17)20-11-15-22(16-12-20)24(3)4/h5-16H,1-4H3. The van der Waals surface area contributed by atoms with Crippen LogP contribution in [0.5, 0.6) is 0 Å². The molecule has 0 unspecified atom stereocenters. The summed E-state index contributed by atoms with van der Waals surface area (Å²) in [5, 5.41) is 0. The summed E-state index contributed by atoms with van der Waals surface area (Å²) >= 11 is 0. The summed E-state index contributed by atoms with van der Waals surface area (Å²) in [6.45, 7) is 10.1. The second-order valence-corrected chi connectivity index (χ2v) is 7.13. The van der Waals surface area contributed by atoms with Crippen molar-refractivity contribution in [2.24, 2.45) is 0 Å². The molecule has 0 atom stereocenters. The van der Waals surface area contributed by atoms with Crippen LogP contribution in [0.25, 0.3) is 22.3 Å². The molecule has 0 saturated carbocycles. The van der Waals surface area contributed by atoms with Gasteiger partial charge in [-0.05, 0) is 22.3 Å². The van der Waals surface area contributed by atoms with Gasteiger partial charge in [0.05, 0.1) is 0 Å². The van der Waals surface area contributed by atoms with Crippen LogP contribution in [0.4, 0.5) is 0 Å². The third kappa shape index (κ3) is 3.64. The molecule has 0 radical (unpaired) electrons. The van der Waals surface area contributed by atoms with Gasteiger partial charge in [0.25, 0.3) is 0 Å². The van der Waals surface area contributed by atoms with Gasteiger partial charge in [0, 0.05) is 0 Å². The highest BCUT2D eigenvalue weighted by molar-refractivity contribution is 6.71. The van der Waals surface area contributed by atoms with Gasteiger partial charge < -0.3 is 0 Å². The van der Waals surface area contributed by atoms with Crippen molar-refractivity contribution in [1.82, 2.24) is 0 Å². The molecule has 3 rings (SSSR count). The Morgan fingerprint density at radius 1 is 0.375 bits per heavy atom. The molecule has 0 aliphatic rings. The minimum atomic E-state index is 0.579. The Labute approximate surface area is 147 Å². The maximum absolute atomic E-state index is 2.23. The van der Waals surface area contributed by atoms with E-state index in [1.165, 1.54) is 33.2 Å². The molecule has 3 aromatic rings. The first-order valence-corrected chi connectivity index (χ1v) is 8.85. The Morgan fingerprint density at radius 2 is 0.583 bits per heavy atom. The number of rotatable bonds is 4. The van der Waals surface area contributed by atoms with E-state index in [0.717, 1.165) is 0 Å². The third-order valence-corrected chi connectivity index (χ3v) is 4.71. The molecule has 0 amide bonds. The molecule has 0 aromatic heterocycles. The Bertz CT molecular complexity index is 712. The zero-order valence-corrected chi connectivity index (χ0v) is 15.1. The molecule has 2 heteroatoms. The van der Waals surface area contributed by atoms with Crippen molar-refractivity contribution in [2.75, 3.05) is 0 Å². The summed E-state index contributed by atoms with van der Waals surface area (Å²) in [5.41, 5.74) is 7.88. The van der Waals surface area contributed by atoms with E-state index in [-0.39, 0.29) is 0 Å². The average molecular weight is 310 g/mol.